The van der Waals surface area contributed by atoms with E-state index in [2.05, 4.69) is 21.9 Å². The van der Waals surface area contributed by atoms with Gasteiger partial charge >= 0.3 is 0 Å². The first-order valence-electron chi connectivity index (χ1n) is 14.0. The van der Waals surface area contributed by atoms with Gasteiger partial charge in [0.25, 0.3) is 5.91 Å². The van der Waals surface area contributed by atoms with Crippen molar-refractivity contribution in [3.8, 4) is 17.1 Å². The maximum Gasteiger partial charge on any atom is 0.259 e. The monoisotopic (exact) mass is 586 g/mol. The van der Waals surface area contributed by atoms with Crippen LogP contribution in [0, 0.1) is 5.92 Å². The predicted octanol–water partition coefficient (Wildman–Crippen LogP) is 2.33. The number of nitrogens with zero attached hydrogens (tertiary/aromatic N) is 3. The zero-order valence-corrected chi connectivity index (χ0v) is 23.5. The van der Waals surface area contributed by atoms with Gasteiger partial charge in [0, 0.05) is 30.5 Å². The molecule has 1 aliphatic heterocycles. The molecular formula is C30H30N6O5S. The van der Waals surface area contributed by atoms with Crippen molar-refractivity contribution in [2.75, 3.05) is 6.54 Å². The van der Waals surface area contributed by atoms with Gasteiger partial charge in [0.1, 0.15) is 11.6 Å². The van der Waals surface area contributed by atoms with E-state index in [1.807, 2.05) is 65.1 Å². The van der Waals surface area contributed by atoms with Crippen molar-refractivity contribution in [3.05, 3.63) is 73.3 Å². The van der Waals surface area contributed by atoms with Crippen molar-refractivity contribution in [2.24, 2.45) is 5.92 Å². The summed E-state index contributed by atoms with van der Waals surface area (Å²) in [5, 5.41) is 5.48. The van der Waals surface area contributed by atoms with Crippen molar-refractivity contribution in [1.29, 1.82) is 0 Å². The molecular weight excluding hydrogens is 556 g/mol. The molecule has 0 radical (unpaired) electrons. The van der Waals surface area contributed by atoms with Gasteiger partial charge in [0.2, 0.25) is 27.6 Å². The zero-order valence-electron chi connectivity index (χ0n) is 22.7. The number of hydrogen-bond donors (Lipinski definition) is 3. The molecule has 216 valence electrons. The van der Waals surface area contributed by atoms with E-state index in [1.165, 1.54) is 0 Å². The normalized spacial score (nSPS) is 25.3. The molecule has 3 aliphatic rings. The number of imidazole rings is 1. The maximum absolute atomic E-state index is 13.3. The lowest BCUT2D eigenvalue weighted by atomic mass is 10.1. The Bertz CT molecular complexity index is 1840. The number of nitrogens with one attached hydrogen (secondary N) is 3. The van der Waals surface area contributed by atoms with Gasteiger partial charge in [-0.2, -0.15) is 0 Å². The van der Waals surface area contributed by atoms with Crippen LogP contribution in [0.15, 0.2) is 73.3 Å². The van der Waals surface area contributed by atoms with Crippen LogP contribution in [-0.4, -0.2) is 64.1 Å². The molecule has 2 aliphatic carbocycles. The number of ether oxygens (including phenoxy) is 1. The summed E-state index contributed by atoms with van der Waals surface area (Å²) in [6, 6.07) is 18.7. The number of benzene rings is 2. The van der Waals surface area contributed by atoms with Crippen molar-refractivity contribution in [2.45, 2.75) is 48.6 Å². The highest BCUT2D eigenvalue weighted by Gasteiger charge is 2.61. The van der Waals surface area contributed by atoms with E-state index in [4.69, 9.17) is 14.7 Å². The standard InChI is InChI=1S/C30H30N6O5S/c1-2-19-16-30(19,28(38)35-42(39,40)21-12-13-21)34-27(37)24-14-20(17-31-24)41-26-15-23(18-8-4-3-5-9-18)33-29-32-22-10-6-7-11-25(22)36(26)29/h2-11,15,19-21,24,31H,1,12-14,16-17H2,(H,34,37)(H,35,38)/t19?,20-,24?,30-/m1/s1. The molecule has 0 bridgehead atoms. The predicted molar refractivity (Wildman–Crippen MR) is 156 cm³/mol. The number of hydrogen-bond acceptors (Lipinski definition) is 8. The second-order valence-electron chi connectivity index (χ2n) is 11.2. The number of para-hydroxylation sites is 2. The first-order chi connectivity index (χ1) is 20.3. The van der Waals surface area contributed by atoms with Gasteiger partial charge in [0.15, 0.2) is 0 Å². The molecule has 3 fully saturated rings. The second kappa shape index (κ2) is 9.92. The molecule has 12 heteroatoms. The molecule has 0 spiro atoms. The average molecular weight is 587 g/mol. The van der Waals surface area contributed by atoms with Crippen LogP contribution in [-0.2, 0) is 19.6 Å². The molecule has 2 aromatic heterocycles. The highest BCUT2D eigenvalue weighted by molar-refractivity contribution is 7.91. The van der Waals surface area contributed by atoms with Crippen LogP contribution in [0.25, 0.3) is 28.1 Å². The average Bonchev–Trinajstić information content (AvgIpc) is 3.88. The first kappa shape index (κ1) is 26.6. The SMILES string of the molecule is C=CC1C[C@]1(NC(=O)C1C[C@@H](Oc2cc(-c3ccccc3)nc3nc4ccccc4n23)CN1)C(=O)NS(=O)(=O)C1CC1. The second-order valence-corrected chi connectivity index (χ2v) is 13.2. The van der Waals surface area contributed by atoms with Gasteiger partial charge in [-0.3, -0.25) is 14.3 Å². The van der Waals surface area contributed by atoms with Crippen molar-refractivity contribution in [3.63, 3.8) is 0 Å². The third kappa shape index (κ3) is 4.70. The Hall–Kier alpha value is -4.29. The smallest absolute Gasteiger partial charge is 0.259 e. The van der Waals surface area contributed by atoms with E-state index < -0.39 is 32.8 Å². The van der Waals surface area contributed by atoms with Crippen LogP contribution >= 0.6 is 0 Å². The molecule has 42 heavy (non-hydrogen) atoms. The Morgan fingerprint density at radius 1 is 1.10 bits per heavy atom. The third-order valence-electron chi connectivity index (χ3n) is 8.26. The summed E-state index contributed by atoms with van der Waals surface area (Å²) >= 11 is 0. The van der Waals surface area contributed by atoms with E-state index in [0.717, 1.165) is 16.6 Å². The number of carbonyl (C=O) groups excluding carboxylic acids is 2. The summed E-state index contributed by atoms with van der Waals surface area (Å²) in [7, 11) is -3.75. The molecule has 3 heterocycles. The quantitative estimate of drug-likeness (QED) is 0.254. The van der Waals surface area contributed by atoms with Gasteiger partial charge in [-0.05, 0) is 31.4 Å². The van der Waals surface area contributed by atoms with Gasteiger partial charge in [-0.1, -0.05) is 48.5 Å². The summed E-state index contributed by atoms with van der Waals surface area (Å²) in [6.07, 6.45) is 2.93. The fourth-order valence-corrected chi connectivity index (χ4v) is 7.02. The van der Waals surface area contributed by atoms with Gasteiger partial charge < -0.3 is 15.4 Å². The van der Waals surface area contributed by atoms with Crippen molar-refractivity contribution < 1.29 is 22.7 Å². The van der Waals surface area contributed by atoms with E-state index in [-0.39, 0.29) is 17.9 Å². The number of carbonyl (C=O) groups is 2. The number of rotatable bonds is 9. The zero-order chi connectivity index (χ0) is 29.1. The minimum absolute atomic E-state index is 0.297. The summed E-state index contributed by atoms with van der Waals surface area (Å²) < 4.78 is 35.3. The van der Waals surface area contributed by atoms with Gasteiger partial charge in [-0.15, -0.1) is 6.58 Å². The largest absolute Gasteiger partial charge is 0.474 e. The van der Waals surface area contributed by atoms with Crippen molar-refractivity contribution in [1.82, 2.24) is 29.7 Å². The topological polar surface area (TPSA) is 144 Å². The third-order valence-corrected chi connectivity index (χ3v) is 10.1. The molecule has 4 atom stereocenters. The summed E-state index contributed by atoms with van der Waals surface area (Å²) in [5.74, 6) is -0.387. The lowest BCUT2D eigenvalue weighted by molar-refractivity contribution is -0.130. The van der Waals surface area contributed by atoms with Crippen LogP contribution in [0.4, 0.5) is 0 Å². The summed E-state index contributed by atoms with van der Waals surface area (Å²) in [4.78, 5) is 35.9. The van der Waals surface area contributed by atoms with E-state index in [9.17, 15) is 18.0 Å². The highest BCUT2D eigenvalue weighted by atomic mass is 32.2. The summed E-state index contributed by atoms with van der Waals surface area (Å²) in [5.41, 5.74) is 1.96. The van der Waals surface area contributed by atoms with Crippen LogP contribution in [0.2, 0.25) is 0 Å². The van der Waals surface area contributed by atoms with Crippen LogP contribution in [0.3, 0.4) is 0 Å². The maximum atomic E-state index is 13.3. The Balaban J connectivity index is 1.10. The lowest BCUT2D eigenvalue weighted by Gasteiger charge is -2.21. The molecule has 11 nitrogen and oxygen atoms in total. The highest BCUT2D eigenvalue weighted by Crippen LogP contribution is 2.45. The lowest BCUT2D eigenvalue weighted by Crippen LogP contribution is -2.55. The Labute approximate surface area is 242 Å². The molecule has 4 aromatic rings. The van der Waals surface area contributed by atoms with Crippen LogP contribution < -0.4 is 20.1 Å². The van der Waals surface area contributed by atoms with Gasteiger partial charge in [0.05, 0.1) is 28.0 Å². The van der Waals surface area contributed by atoms with E-state index in [0.29, 0.717) is 49.6 Å². The van der Waals surface area contributed by atoms with E-state index >= 15 is 0 Å². The molecule has 1 saturated heterocycles. The fourth-order valence-electron chi connectivity index (χ4n) is 5.66. The molecule has 7 rings (SSSR count). The van der Waals surface area contributed by atoms with E-state index in [1.54, 1.807) is 6.08 Å². The molecule has 2 unspecified atom stereocenters. The Morgan fingerprint density at radius 3 is 2.60 bits per heavy atom. The number of sulfonamides is 1. The van der Waals surface area contributed by atoms with Gasteiger partial charge in [-0.25, -0.2) is 22.8 Å². The van der Waals surface area contributed by atoms with Crippen LogP contribution in [0.5, 0.6) is 5.88 Å². The molecule has 2 saturated carbocycles. The number of fused-ring (bicyclic) bond motifs is 3. The minimum atomic E-state index is -3.75. The number of aromatic nitrogens is 3. The number of amides is 2. The first-order valence-corrected chi connectivity index (χ1v) is 15.6. The Morgan fingerprint density at radius 2 is 1.86 bits per heavy atom. The van der Waals surface area contributed by atoms with Crippen LogP contribution in [0.1, 0.15) is 25.7 Å². The minimum Gasteiger partial charge on any atom is -0.474 e. The fraction of sp³-hybridized carbons (Fsp3) is 0.333. The molecule has 2 aromatic carbocycles. The molecule has 3 N–H and O–H groups in total. The van der Waals surface area contributed by atoms with Crippen molar-refractivity contribution >= 4 is 38.6 Å². The Kier molecular flexibility index (Phi) is 6.28. The molecule has 2 amide bonds. The summed E-state index contributed by atoms with van der Waals surface area (Å²) in [6.45, 7) is 4.15.